The van der Waals surface area contributed by atoms with Crippen molar-refractivity contribution in [2.75, 3.05) is 46.5 Å². The van der Waals surface area contributed by atoms with E-state index in [2.05, 4.69) is 10.1 Å². The zero-order valence-electron chi connectivity index (χ0n) is 30.7. The second-order valence-electron chi connectivity index (χ2n) is 15.3. The smallest absolute Gasteiger partial charge is 0.225 e. The fourth-order valence-electron chi connectivity index (χ4n) is 8.19. The van der Waals surface area contributed by atoms with Crippen LogP contribution in [0.15, 0.2) is 0 Å². The van der Waals surface area contributed by atoms with Crippen molar-refractivity contribution in [3.05, 3.63) is 0 Å². The summed E-state index contributed by atoms with van der Waals surface area (Å²) in [4.78, 5) is 32.0. The highest BCUT2D eigenvalue weighted by molar-refractivity contribution is 7.89. The van der Waals surface area contributed by atoms with Crippen molar-refractivity contribution >= 4 is 31.9 Å². The summed E-state index contributed by atoms with van der Waals surface area (Å²) in [6, 6.07) is -1.01. The molecular formula is C34H63F2N5O7S2. The molecule has 3 N–H and O–H groups in total. The van der Waals surface area contributed by atoms with E-state index in [1.807, 2.05) is 13.8 Å². The molecule has 3 saturated carbocycles. The van der Waals surface area contributed by atoms with Crippen molar-refractivity contribution in [1.82, 2.24) is 24.4 Å². The maximum absolute atomic E-state index is 14.4. The number of hydrogen-bond acceptors (Lipinski definition) is 8. The molecule has 2 amide bonds. The molecule has 0 radical (unpaired) electrons. The fourth-order valence-corrected chi connectivity index (χ4v) is 11.3. The standard InChI is InChI=1S/C34H63F2N5O7S2/c1-6-13-41(14-7-2)34(44)27-18-26(19-30(20-27)50(47,48)39(3)4)33(43)37-31(17-25-15-28(35)21-29(36)16-25)32(42)22-40(5)38-49(45,46)23-24-11-9-8-10-12-24/h24-32,38,42H,6-23H2,1-5H3,(H,37,43). The molecule has 12 nitrogen and oxygen atoms in total. The quantitative estimate of drug-likeness (QED) is 0.180. The molecule has 3 aliphatic carbocycles. The number of halogens is 2. The fraction of sp³-hybridized carbons (Fsp3) is 0.941. The maximum atomic E-state index is 14.4. The van der Waals surface area contributed by atoms with E-state index in [-0.39, 0.29) is 69.1 Å². The normalized spacial score (nSPS) is 28.4. The van der Waals surface area contributed by atoms with Gasteiger partial charge in [0, 0.05) is 59.0 Å². The molecule has 3 aliphatic rings. The van der Waals surface area contributed by atoms with E-state index in [1.165, 1.54) is 26.2 Å². The molecule has 0 saturated heterocycles. The van der Waals surface area contributed by atoms with Crippen LogP contribution in [-0.4, -0.2) is 124 Å². The number of hydrazine groups is 1. The summed E-state index contributed by atoms with van der Waals surface area (Å²) in [5.74, 6) is -2.77. The van der Waals surface area contributed by atoms with E-state index in [0.29, 0.717) is 13.1 Å². The number of hydrogen-bond donors (Lipinski definition) is 3. The van der Waals surface area contributed by atoms with Gasteiger partial charge < -0.3 is 15.3 Å². The van der Waals surface area contributed by atoms with Crippen LogP contribution in [0.4, 0.5) is 8.78 Å². The Morgan fingerprint density at radius 2 is 1.40 bits per heavy atom. The van der Waals surface area contributed by atoms with Crippen molar-refractivity contribution < 1.29 is 40.3 Å². The number of carbonyl (C=O) groups excluding carboxylic acids is 2. The zero-order valence-corrected chi connectivity index (χ0v) is 32.4. The predicted octanol–water partition coefficient (Wildman–Crippen LogP) is 3.37. The third-order valence-corrected chi connectivity index (χ3v) is 14.4. The molecule has 3 rings (SSSR count). The Balaban J connectivity index is 1.81. The summed E-state index contributed by atoms with van der Waals surface area (Å²) in [6.07, 6.45) is 2.34. The maximum Gasteiger partial charge on any atom is 0.225 e. The molecule has 292 valence electrons. The van der Waals surface area contributed by atoms with Gasteiger partial charge >= 0.3 is 0 Å². The number of carbonyl (C=O) groups is 2. The minimum atomic E-state index is -3.83. The van der Waals surface area contributed by atoms with Crippen LogP contribution in [-0.2, 0) is 29.6 Å². The number of rotatable bonds is 18. The van der Waals surface area contributed by atoms with Gasteiger partial charge in [-0.3, -0.25) is 9.59 Å². The van der Waals surface area contributed by atoms with Crippen LogP contribution in [0.3, 0.4) is 0 Å². The molecule has 50 heavy (non-hydrogen) atoms. The van der Waals surface area contributed by atoms with E-state index >= 15 is 0 Å². The molecule has 7 unspecified atom stereocenters. The summed E-state index contributed by atoms with van der Waals surface area (Å²) >= 11 is 0. The average molecular weight is 756 g/mol. The van der Waals surface area contributed by atoms with E-state index in [4.69, 9.17) is 0 Å². The molecule has 0 aromatic carbocycles. The van der Waals surface area contributed by atoms with Gasteiger partial charge in [-0.15, -0.1) is 4.83 Å². The highest BCUT2D eigenvalue weighted by atomic mass is 32.2. The van der Waals surface area contributed by atoms with Gasteiger partial charge in [-0.2, -0.15) is 0 Å². The molecule has 0 heterocycles. The van der Waals surface area contributed by atoms with Crippen LogP contribution in [0.25, 0.3) is 0 Å². The minimum Gasteiger partial charge on any atom is -0.390 e. The zero-order chi connectivity index (χ0) is 37.2. The highest BCUT2D eigenvalue weighted by Crippen LogP contribution is 2.36. The first kappa shape index (κ1) is 42.9. The average Bonchev–Trinajstić information content (AvgIpc) is 3.03. The monoisotopic (exact) mass is 755 g/mol. The van der Waals surface area contributed by atoms with Crippen LogP contribution in [0, 0.1) is 23.7 Å². The molecule has 0 aromatic heterocycles. The summed E-state index contributed by atoms with van der Waals surface area (Å²) in [5, 5.41) is 14.6. The lowest BCUT2D eigenvalue weighted by Gasteiger charge is -2.38. The van der Waals surface area contributed by atoms with E-state index in [1.54, 1.807) is 4.90 Å². The SMILES string of the molecule is CCCN(CCC)C(=O)C1CC(C(=O)NC(CC2CC(F)CC(F)C2)C(O)CN(C)NS(=O)(=O)CC2CCCCC2)CC(S(=O)(=O)N(C)C)C1. The second-order valence-corrected chi connectivity index (χ2v) is 19.5. The predicted molar refractivity (Wildman–Crippen MR) is 190 cm³/mol. The number of sulfonamides is 2. The minimum absolute atomic E-state index is 0.0239. The third-order valence-electron chi connectivity index (χ3n) is 10.6. The number of nitrogens with one attached hydrogen (secondary N) is 2. The molecule has 0 aromatic rings. The van der Waals surface area contributed by atoms with E-state index in [0.717, 1.165) is 49.3 Å². The van der Waals surface area contributed by atoms with Crippen molar-refractivity contribution in [3.63, 3.8) is 0 Å². The van der Waals surface area contributed by atoms with Crippen LogP contribution >= 0.6 is 0 Å². The Hall–Kier alpha value is -1.46. The molecule has 16 heteroatoms. The molecule has 0 bridgehead atoms. The summed E-state index contributed by atoms with van der Waals surface area (Å²) < 4.78 is 82.5. The third kappa shape index (κ3) is 12.9. The van der Waals surface area contributed by atoms with Gasteiger partial charge in [-0.25, -0.2) is 34.9 Å². The lowest BCUT2D eigenvalue weighted by Crippen LogP contribution is -2.54. The van der Waals surface area contributed by atoms with Crippen molar-refractivity contribution in [2.45, 2.75) is 133 Å². The van der Waals surface area contributed by atoms with Gasteiger partial charge in [0.2, 0.25) is 31.9 Å². The second kappa shape index (κ2) is 19.6. The molecule has 3 fully saturated rings. The first-order valence-electron chi connectivity index (χ1n) is 18.6. The van der Waals surface area contributed by atoms with Crippen molar-refractivity contribution in [3.8, 4) is 0 Å². The lowest BCUT2D eigenvalue weighted by molar-refractivity contribution is -0.138. The first-order valence-corrected chi connectivity index (χ1v) is 21.8. The molecule has 7 atom stereocenters. The Bertz CT molecular complexity index is 1290. The van der Waals surface area contributed by atoms with Crippen LogP contribution in [0.1, 0.15) is 104 Å². The number of aliphatic hydroxyl groups is 1. The van der Waals surface area contributed by atoms with E-state index in [9.17, 15) is 40.3 Å². The van der Waals surface area contributed by atoms with Gasteiger partial charge in [0.05, 0.1) is 23.1 Å². The number of amides is 2. The summed E-state index contributed by atoms with van der Waals surface area (Å²) in [7, 11) is -3.22. The van der Waals surface area contributed by atoms with Gasteiger partial charge in [0.25, 0.3) is 0 Å². The van der Waals surface area contributed by atoms with Crippen LogP contribution in [0.2, 0.25) is 0 Å². The van der Waals surface area contributed by atoms with Gasteiger partial charge in [0.15, 0.2) is 0 Å². The van der Waals surface area contributed by atoms with Crippen molar-refractivity contribution in [2.24, 2.45) is 23.7 Å². The first-order chi connectivity index (χ1) is 23.4. The van der Waals surface area contributed by atoms with Gasteiger partial charge in [-0.05, 0) is 76.0 Å². The number of likely N-dealkylation sites (N-methyl/N-ethyl adjacent to an activating group) is 1. The summed E-state index contributed by atoms with van der Waals surface area (Å²) in [5.41, 5.74) is 0. The number of alkyl halides is 2. The highest BCUT2D eigenvalue weighted by Gasteiger charge is 2.44. The Labute approximate surface area is 299 Å². The number of nitrogens with zero attached hydrogens (tertiary/aromatic N) is 3. The molecular weight excluding hydrogens is 693 g/mol. The molecule has 0 aliphatic heterocycles. The Morgan fingerprint density at radius 1 is 0.820 bits per heavy atom. The van der Waals surface area contributed by atoms with Crippen LogP contribution < -0.4 is 10.1 Å². The van der Waals surface area contributed by atoms with Crippen molar-refractivity contribution in [1.29, 1.82) is 0 Å². The molecule has 0 spiro atoms. The Kier molecular flexibility index (Phi) is 16.8. The van der Waals surface area contributed by atoms with Gasteiger partial charge in [0.1, 0.15) is 12.3 Å². The Morgan fingerprint density at radius 3 is 1.96 bits per heavy atom. The van der Waals surface area contributed by atoms with E-state index < -0.39 is 73.4 Å². The topological polar surface area (TPSA) is 156 Å². The van der Waals surface area contributed by atoms with Crippen LogP contribution in [0.5, 0.6) is 0 Å². The number of aliphatic hydroxyl groups excluding tert-OH is 1. The lowest BCUT2D eigenvalue weighted by atomic mass is 9.79. The largest absolute Gasteiger partial charge is 0.390 e. The van der Waals surface area contributed by atoms with Gasteiger partial charge in [-0.1, -0.05) is 33.1 Å². The summed E-state index contributed by atoms with van der Waals surface area (Å²) in [6.45, 7) is 4.73.